The first-order valence-corrected chi connectivity index (χ1v) is 9.61. The minimum absolute atomic E-state index is 0. The highest BCUT2D eigenvalue weighted by atomic mass is 127. The van der Waals surface area contributed by atoms with Crippen LogP contribution in [0.5, 0.6) is 0 Å². The summed E-state index contributed by atoms with van der Waals surface area (Å²) in [5.41, 5.74) is 1.95. The molecule has 0 fully saturated rings. The van der Waals surface area contributed by atoms with Gasteiger partial charge in [-0.2, -0.15) is 0 Å². The summed E-state index contributed by atoms with van der Waals surface area (Å²) >= 11 is 1.66. The summed E-state index contributed by atoms with van der Waals surface area (Å²) < 4.78 is 0. The van der Waals surface area contributed by atoms with Gasteiger partial charge in [0, 0.05) is 37.0 Å². The molecule has 2 rings (SSSR count). The van der Waals surface area contributed by atoms with Gasteiger partial charge in [-0.25, -0.2) is 9.97 Å². The lowest BCUT2D eigenvalue weighted by molar-refractivity contribution is -0.116. The van der Waals surface area contributed by atoms with Gasteiger partial charge in [-0.15, -0.1) is 35.3 Å². The second-order valence-electron chi connectivity index (χ2n) is 5.76. The van der Waals surface area contributed by atoms with Crippen molar-refractivity contribution in [2.45, 2.75) is 33.6 Å². The van der Waals surface area contributed by atoms with Gasteiger partial charge >= 0.3 is 0 Å². The molecule has 0 radical (unpaired) electrons. The molecule has 0 bridgehead atoms. The van der Waals surface area contributed by atoms with E-state index in [2.05, 4.69) is 36.3 Å². The molecule has 3 N–H and O–H groups in total. The molecule has 0 atom stereocenters. The number of aromatic nitrogens is 2. The average Bonchev–Trinajstić information content (AvgIpc) is 3.00. The highest BCUT2D eigenvalue weighted by Gasteiger charge is 2.04. The van der Waals surface area contributed by atoms with Crippen LogP contribution in [0, 0.1) is 13.8 Å². The maximum Gasteiger partial charge on any atom is 0.227 e. The monoisotopic (exact) mass is 502 g/mol. The number of carbonyl (C=O) groups excluding carboxylic acids is 1. The summed E-state index contributed by atoms with van der Waals surface area (Å²) in [6.45, 7) is 7.82. The molecule has 0 aromatic carbocycles. The van der Waals surface area contributed by atoms with Crippen LogP contribution in [0.1, 0.15) is 29.7 Å². The van der Waals surface area contributed by atoms with Gasteiger partial charge in [-0.05, 0) is 32.9 Å². The molecular formula is C18H27IN6OS. The van der Waals surface area contributed by atoms with Crippen molar-refractivity contribution in [2.24, 2.45) is 4.99 Å². The molecule has 27 heavy (non-hydrogen) atoms. The first kappa shape index (κ1) is 23.3. The predicted octanol–water partition coefficient (Wildman–Crippen LogP) is 2.90. The standard InChI is InChI=1S/C18H26N6OS.HI/c1-4-19-18(20-10-8-15-12-26-14(3)23-15)21-11-9-17(25)24-16-7-5-6-13(2)22-16;/h5-7,12H,4,8-11H2,1-3H3,(H2,19,20,21)(H,22,24,25);1H. The molecule has 0 saturated carbocycles. The van der Waals surface area contributed by atoms with Gasteiger partial charge in [0.05, 0.1) is 17.2 Å². The number of aryl methyl sites for hydroxylation is 2. The number of thiazole rings is 1. The van der Waals surface area contributed by atoms with E-state index < -0.39 is 0 Å². The van der Waals surface area contributed by atoms with Gasteiger partial charge in [0.15, 0.2) is 5.96 Å². The van der Waals surface area contributed by atoms with Crippen LogP contribution < -0.4 is 16.0 Å². The minimum atomic E-state index is -0.0966. The van der Waals surface area contributed by atoms with Crippen LogP contribution in [-0.4, -0.2) is 41.5 Å². The molecule has 148 valence electrons. The van der Waals surface area contributed by atoms with Crippen molar-refractivity contribution in [1.82, 2.24) is 20.6 Å². The van der Waals surface area contributed by atoms with Gasteiger partial charge < -0.3 is 16.0 Å². The van der Waals surface area contributed by atoms with Gasteiger partial charge in [0.2, 0.25) is 5.91 Å². The van der Waals surface area contributed by atoms with E-state index in [-0.39, 0.29) is 29.9 Å². The Morgan fingerprint density at radius 1 is 1.22 bits per heavy atom. The Kier molecular flexibility index (Phi) is 10.9. The van der Waals surface area contributed by atoms with Crippen LogP contribution >= 0.6 is 35.3 Å². The zero-order valence-corrected chi connectivity index (χ0v) is 19.1. The van der Waals surface area contributed by atoms with Gasteiger partial charge in [0.1, 0.15) is 5.82 Å². The lowest BCUT2D eigenvalue weighted by Gasteiger charge is -2.10. The Morgan fingerprint density at radius 2 is 2.04 bits per heavy atom. The molecule has 0 unspecified atom stereocenters. The molecule has 1 amide bonds. The number of carbonyl (C=O) groups is 1. The molecule has 0 spiro atoms. The number of amides is 1. The van der Waals surface area contributed by atoms with Crippen molar-refractivity contribution in [3.63, 3.8) is 0 Å². The molecule has 2 aromatic heterocycles. The van der Waals surface area contributed by atoms with E-state index in [1.165, 1.54) is 0 Å². The molecule has 0 aliphatic heterocycles. The summed E-state index contributed by atoms with van der Waals surface area (Å²) in [6.07, 6.45) is 1.14. The van der Waals surface area contributed by atoms with E-state index >= 15 is 0 Å². The topological polar surface area (TPSA) is 91.3 Å². The van der Waals surface area contributed by atoms with Gasteiger partial charge in [0.25, 0.3) is 0 Å². The van der Waals surface area contributed by atoms with Crippen LogP contribution in [0.25, 0.3) is 0 Å². The fourth-order valence-corrected chi connectivity index (χ4v) is 2.91. The molecule has 0 saturated heterocycles. The van der Waals surface area contributed by atoms with E-state index in [9.17, 15) is 4.79 Å². The quantitative estimate of drug-likeness (QED) is 0.294. The molecule has 2 aromatic rings. The van der Waals surface area contributed by atoms with Crippen molar-refractivity contribution in [3.05, 3.63) is 40.0 Å². The maximum absolute atomic E-state index is 12.0. The van der Waals surface area contributed by atoms with E-state index in [0.29, 0.717) is 24.7 Å². The zero-order valence-electron chi connectivity index (χ0n) is 15.9. The number of pyridine rings is 1. The lowest BCUT2D eigenvalue weighted by atomic mass is 10.3. The molecule has 9 heteroatoms. The highest BCUT2D eigenvalue weighted by molar-refractivity contribution is 14.0. The van der Waals surface area contributed by atoms with Crippen molar-refractivity contribution in [3.8, 4) is 0 Å². The third-order valence-electron chi connectivity index (χ3n) is 3.45. The van der Waals surface area contributed by atoms with Crippen LogP contribution in [0.3, 0.4) is 0 Å². The Bertz CT molecular complexity index is 749. The SMILES string of the molecule is CCNC(=NCCC(=O)Nc1cccc(C)n1)NCCc1csc(C)n1.I. The summed E-state index contributed by atoms with van der Waals surface area (Å²) in [5, 5.41) is 12.4. The normalized spacial score (nSPS) is 10.9. The molecule has 0 aliphatic rings. The number of nitrogens with zero attached hydrogens (tertiary/aromatic N) is 3. The van der Waals surface area contributed by atoms with Crippen LogP contribution in [0.2, 0.25) is 0 Å². The second kappa shape index (κ2) is 12.6. The number of guanidine groups is 1. The molecule has 2 heterocycles. The Morgan fingerprint density at radius 3 is 2.70 bits per heavy atom. The molecule has 0 aliphatic carbocycles. The Hall–Kier alpha value is -1.75. The fraction of sp³-hybridized carbons (Fsp3) is 0.444. The van der Waals surface area contributed by atoms with Crippen molar-refractivity contribution < 1.29 is 4.79 Å². The number of anilines is 1. The molecular weight excluding hydrogens is 475 g/mol. The maximum atomic E-state index is 12.0. The minimum Gasteiger partial charge on any atom is -0.357 e. The van der Waals surface area contributed by atoms with Gasteiger partial charge in [-0.1, -0.05) is 6.07 Å². The Labute approximate surface area is 181 Å². The van der Waals surface area contributed by atoms with Gasteiger partial charge in [-0.3, -0.25) is 9.79 Å². The summed E-state index contributed by atoms with van der Waals surface area (Å²) in [4.78, 5) is 25.1. The first-order chi connectivity index (χ1) is 12.6. The number of halogens is 1. The summed E-state index contributed by atoms with van der Waals surface area (Å²) in [5.74, 6) is 1.18. The van der Waals surface area contributed by atoms with E-state index in [1.807, 2.05) is 32.9 Å². The number of rotatable bonds is 8. The van der Waals surface area contributed by atoms with Crippen molar-refractivity contribution in [1.29, 1.82) is 0 Å². The second-order valence-corrected chi connectivity index (χ2v) is 6.82. The number of nitrogens with one attached hydrogen (secondary N) is 3. The average molecular weight is 502 g/mol. The summed E-state index contributed by atoms with van der Waals surface area (Å²) in [7, 11) is 0. The first-order valence-electron chi connectivity index (χ1n) is 8.73. The fourth-order valence-electron chi connectivity index (χ4n) is 2.26. The van der Waals surface area contributed by atoms with E-state index in [0.717, 1.165) is 35.9 Å². The third kappa shape index (κ3) is 9.14. The number of aliphatic imine (C=N–C) groups is 1. The van der Waals surface area contributed by atoms with Crippen molar-refractivity contribution in [2.75, 3.05) is 25.0 Å². The van der Waals surface area contributed by atoms with E-state index in [4.69, 9.17) is 0 Å². The third-order valence-corrected chi connectivity index (χ3v) is 4.27. The lowest BCUT2D eigenvalue weighted by Crippen LogP contribution is -2.38. The smallest absolute Gasteiger partial charge is 0.227 e. The zero-order chi connectivity index (χ0) is 18.8. The summed E-state index contributed by atoms with van der Waals surface area (Å²) in [6, 6.07) is 5.54. The van der Waals surface area contributed by atoms with Crippen molar-refractivity contribution >= 4 is 53.0 Å². The highest BCUT2D eigenvalue weighted by Crippen LogP contribution is 2.07. The van der Waals surface area contributed by atoms with E-state index in [1.54, 1.807) is 17.4 Å². The van der Waals surface area contributed by atoms with Crippen LogP contribution in [0.15, 0.2) is 28.6 Å². The Balaban J connectivity index is 0.00000364. The molecule has 7 nitrogen and oxygen atoms in total. The van der Waals surface area contributed by atoms with Crippen LogP contribution in [-0.2, 0) is 11.2 Å². The van der Waals surface area contributed by atoms with Crippen LogP contribution in [0.4, 0.5) is 5.82 Å². The number of hydrogen-bond donors (Lipinski definition) is 3. The number of hydrogen-bond acceptors (Lipinski definition) is 5. The largest absolute Gasteiger partial charge is 0.357 e. The predicted molar refractivity (Wildman–Crippen MR) is 122 cm³/mol.